The third-order valence-corrected chi connectivity index (χ3v) is 3.21. The van der Waals surface area contributed by atoms with Crippen molar-refractivity contribution in [2.24, 2.45) is 0 Å². The first-order valence-electron chi connectivity index (χ1n) is 5.45. The Morgan fingerprint density at radius 3 is 2.58 bits per heavy atom. The maximum atomic E-state index is 9.12. The molecule has 0 spiro atoms. The predicted molar refractivity (Wildman–Crippen MR) is 77.5 cm³/mol. The van der Waals surface area contributed by atoms with Crippen LogP contribution in [0.5, 0.6) is 5.75 Å². The minimum absolute atomic E-state index is 0.378. The molecule has 0 radical (unpaired) electrons. The number of halogens is 2. The molecule has 0 aliphatic rings. The summed E-state index contributed by atoms with van der Waals surface area (Å²) in [5.74, 6) is 0.674. The third kappa shape index (κ3) is 2.93. The van der Waals surface area contributed by atoms with Crippen molar-refractivity contribution in [2.75, 3.05) is 12.4 Å². The zero-order valence-corrected chi connectivity index (χ0v) is 11.6. The Balaban J connectivity index is 2.42. The maximum absolute atomic E-state index is 9.12. The van der Waals surface area contributed by atoms with Gasteiger partial charge in [0.15, 0.2) is 0 Å². The van der Waals surface area contributed by atoms with Gasteiger partial charge in [0.1, 0.15) is 11.8 Å². The molecular weight excluding hydrogens is 283 g/mol. The number of nitrogens with zero attached hydrogens (tertiary/aromatic N) is 1. The highest BCUT2D eigenvalue weighted by atomic mass is 35.5. The van der Waals surface area contributed by atoms with Gasteiger partial charge in [0.25, 0.3) is 0 Å². The summed E-state index contributed by atoms with van der Waals surface area (Å²) in [5, 5.41) is 13.1. The topological polar surface area (TPSA) is 45.0 Å². The van der Waals surface area contributed by atoms with Crippen LogP contribution in [0.4, 0.5) is 11.4 Å². The summed E-state index contributed by atoms with van der Waals surface area (Å²) in [5.41, 5.74) is 1.63. The van der Waals surface area contributed by atoms with Crippen molar-refractivity contribution in [1.82, 2.24) is 0 Å². The molecule has 0 amide bonds. The summed E-state index contributed by atoms with van der Waals surface area (Å²) in [4.78, 5) is 0. The van der Waals surface area contributed by atoms with E-state index in [1.807, 2.05) is 0 Å². The van der Waals surface area contributed by atoms with Crippen LogP contribution in [0.15, 0.2) is 36.4 Å². The molecule has 0 unspecified atom stereocenters. The standard InChI is InChI=1S/C14H10Cl2N2O/c1-19-9-5-6-12(16)14(7-9)18-13-4-2-3-11(15)10(13)8-17/h2-7,18H,1H3. The zero-order chi connectivity index (χ0) is 13.8. The molecule has 3 nitrogen and oxygen atoms in total. The van der Waals surface area contributed by atoms with E-state index in [0.717, 1.165) is 0 Å². The fourth-order valence-corrected chi connectivity index (χ4v) is 2.00. The monoisotopic (exact) mass is 292 g/mol. The molecule has 0 fully saturated rings. The third-order valence-electron chi connectivity index (χ3n) is 2.57. The maximum Gasteiger partial charge on any atom is 0.121 e. The van der Waals surface area contributed by atoms with E-state index < -0.39 is 0 Å². The first kappa shape index (κ1) is 13.5. The van der Waals surface area contributed by atoms with Crippen molar-refractivity contribution in [3.05, 3.63) is 52.0 Å². The molecule has 0 bridgehead atoms. The average Bonchev–Trinajstić information content (AvgIpc) is 2.41. The van der Waals surface area contributed by atoms with Crippen molar-refractivity contribution in [1.29, 1.82) is 5.26 Å². The van der Waals surface area contributed by atoms with Crippen molar-refractivity contribution < 1.29 is 4.74 Å². The van der Waals surface area contributed by atoms with Gasteiger partial charge in [0, 0.05) is 6.07 Å². The van der Waals surface area contributed by atoms with Gasteiger partial charge < -0.3 is 10.1 Å². The number of anilines is 2. The lowest BCUT2D eigenvalue weighted by Crippen LogP contribution is -1.95. The molecule has 0 saturated carbocycles. The lowest BCUT2D eigenvalue weighted by molar-refractivity contribution is 0.415. The number of nitrogens with one attached hydrogen (secondary N) is 1. The van der Waals surface area contributed by atoms with Crippen LogP contribution >= 0.6 is 23.2 Å². The Morgan fingerprint density at radius 2 is 1.89 bits per heavy atom. The molecule has 0 atom stereocenters. The van der Waals surface area contributed by atoms with E-state index in [1.54, 1.807) is 43.5 Å². The minimum Gasteiger partial charge on any atom is -0.497 e. The molecule has 5 heteroatoms. The lowest BCUT2D eigenvalue weighted by Gasteiger charge is -2.12. The van der Waals surface area contributed by atoms with Gasteiger partial charge in [0.05, 0.1) is 34.1 Å². The van der Waals surface area contributed by atoms with E-state index in [1.165, 1.54) is 0 Å². The smallest absolute Gasteiger partial charge is 0.121 e. The fourth-order valence-electron chi connectivity index (χ4n) is 1.61. The molecule has 0 heterocycles. The average molecular weight is 293 g/mol. The molecule has 2 aromatic rings. The second kappa shape index (κ2) is 5.83. The zero-order valence-electron chi connectivity index (χ0n) is 10.1. The minimum atomic E-state index is 0.378. The van der Waals surface area contributed by atoms with E-state index in [0.29, 0.717) is 32.7 Å². The van der Waals surface area contributed by atoms with E-state index >= 15 is 0 Å². The number of methoxy groups -OCH3 is 1. The summed E-state index contributed by atoms with van der Waals surface area (Å²) in [6, 6.07) is 12.5. The summed E-state index contributed by atoms with van der Waals surface area (Å²) in [6.07, 6.45) is 0. The van der Waals surface area contributed by atoms with Gasteiger partial charge in [-0.05, 0) is 24.3 Å². The van der Waals surface area contributed by atoms with Crippen LogP contribution < -0.4 is 10.1 Å². The molecule has 0 aromatic heterocycles. The first-order valence-corrected chi connectivity index (χ1v) is 6.20. The van der Waals surface area contributed by atoms with E-state index in [9.17, 15) is 0 Å². The van der Waals surface area contributed by atoms with Crippen LogP contribution in [0, 0.1) is 11.3 Å². The fraction of sp³-hybridized carbons (Fsp3) is 0.0714. The number of hydrogen-bond acceptors (Lipinski definition) is 3. The predicted octanol–water partition coefficient (Wildman–Crippen LogP) is 4.62. The largest absolute Gasteiger partial charge is 0.497 e. The van der Waals surface area contributed by atoms with E-state index in [4.69, 9.17) is 33.2 Å². The van der Waals surface area contributed by atoms with Gasteiger partial charge >= 0.3 is 0 Å². The quantitative estimate of drug-likeness (QED) is 0.898. The number of benzene rings is 2. The summed E-state index contributed by atoms with van der Waals surface area (Å²) < 4.78 is 5.14. The number of rotatable bonds is 3. The molecule has 0 aliphatic heterocycles. The molecule has 2 rings (SSSR count). The summed E-state index contributed by atoms with van der Waals surface area (Å²) in [6.45, 7) is 0. The molecule has 0 aliphatic carbocycles. The lowest BCUT2D eigenvalue weighted by atomic mass is 10.2. The van der Waals surface area contributed by atoms with Crippen molar-refractivity contribution in [3.8, 4) is 11.8 Å². The Kier molecular flexibility index (Phi) is 4.16. The normalized spacial score (nSPS) is 9.79. The Morgan fingerprint density at radius 1 is 1.11 bits per heavy atom. The van der Waals surface area contributed by atoms with E-state index in [-0.39, 0.29) is 0 Å². The molecule has 19 heavy (non-hydrogen) atoms. The van der Waals surface area contributed by atoms with Gasteiger partial charge in [-0.25, -0.2) is 0 Å². The van der Waals surface area contributed by atoms with Crippen LogP contribution in [0.1, 0.15) is 5.56 Å². The van der Waals surface area contributed by atoms with Crippen LogP contribution in [-0.2, 0) is 0 Å². The first-order chi connectivity index (χ1) is 9.15. The van der Waals surface area contributed by atoms with Crippen molar-refractivity contribution in [3.63, 3.8) is 0 Å². The van der Waals surface area contributed by atoms with Crippen LogP contribution in [-0.4, -0.2) is 7.11 Å². The van der Waals surface area contributed by atoms with Gasteiger partial charge in [-0.3, -0.25) is 0 Å². The van der Waals surface area contributed by atoms with Crippen LogP contribution in [0.25, 0.3) is 0 Å². The number of ether oxygens (including phenoxy) is 1. The Hall–Kier alpha value is -1.89. The van der Waals surface area contributed by atoms with Crippen molar-refractivity contribution in [2.45, 2.75) is 0 Å². The number of hydrogen-bond donors (Lipinski definition) is 1. The highest BCUT2D eigenvalue weighted by Crippen LogP contribution is 2.32. The van der Waals surface area contributed by atoms with Crippen molar-refractivity contribution >= 4 is 34.6 Å². The SMILES string of the molecule is COc1ccc(Cl)c(Nc2cccc(Cl)c2C#N)c1. The van der Waals surface area contributed by atoms with Crippen LogP contribution in [0.2, 0.25) is 10.0 Å². The van der Waals surface area contributed by atoms with E-state index in [2.05, 4.69) is 11.4 Å². The van der Waals surface area contributed by atoms with Gasteiger partial charge in [-0.15, -0.1) is 0 Å². The second-order valence-electron chi connectivity index (χ2n) is 3.74. The molecule has 96 valence electrons. The summed E-state index contributed by atoms with van der Waals surface area (Å²) in [7, 11) is 1.58. The Bertz CT molecular complexity index is 650. The molecule has 2 aromatic carbocycles. The highest BCUT2D eigenvalue weighted by molar-refractivity contribution is 6.33. The Labute approximate surface area is 121 Å². The van der Waals surface area contributed by atoms with Gasteiger partial charge in [0.2, 0.25) is 0 Å². The molecule has 0 saturated heterocycles. The highest BCUT2D eigenvalue weighted by Gasteiger charge is 2.09. The summed E-state index contributed by atoms with van der Waals surface area (Å²) >= 11 is 12.1. The van der Waals surface area contributed by atoms with Crippen LogP contribution in [0.3, 0.4) is 0 Å². The number of nitriles is 1. The molecular formula is C14H10Cl2N2O. The van der Waals surface area contributed by atoms with Gasteiger partial charge in [-0.2, -0.15) is 5.26 Å². The molecule has 1 N–H and O–H groups in total. The van der Waals surface area contributed by atoms with Gasteiger partial charge in [-0.1, -0.05) is 29.3 Å². The second-order valence-corrected chi connectivity index (χ2v) is 4.56.